The Morgan fingerprint density at radius 3 is 3.00 bits per heavy atom. The Hall–Kier alpha value is -1.13. The fourth-order valence-corrected chi connectivity index (χ4v) is 1.18. The molecule has 1 rings (SSSR count). The van der Waals surface area contributed by atoms with Gasteiger partial charge in [0.05, 0.1) is 17.2 Å². The van der Waals surface area contributed by atoms with E-state index in [1.165, 1.54) is 17.3 Å². The van der Waals surface area contributed by atoms with Crippen molar-refractivity contribution in [2.45, 2.75) is 0 Å². The molecule has 0 aliphatic rings. The van der Waals surface area contributed by atoms with Gasteiger partial charge in [-0.2, -0.15) is 0 Å². The van der Waals surface area contributed by atoms with Crippen LogP contribution in [0.4, 0.5) is 0 Å². The van der Waals surface area contributed by atoms with E-state index in [4.69, 9.17) is 16.7 Å². The molecule has 0 saturated heterocycles. The van der Waals surface area contributed by atoms with Gasteiger partial charge >= 0.3 is 0 Å². The number of nitrogens with zero attached hydrogens (tertiary/aromatic N) is 2. The minimum atomic E-state index is -0.239. The zero-order valence-corrected chi connectivity index (χ0v) is 8.53. The Kier molecular flexibility index (Phi) is 3.85. The Balaban J connectivity index is 2.84. The first-order valence-corrected chi connectivity index (χ1v) is 4.50. The molecule has 76 valence electrons. The number of hydrogen-bond acceptors (Lipinski definition) is 3. The van der Waals surface area contributed by atoms with Gasteiger partial charge < -0.3 is 10.0 Å². The van der Waals surface area contributed by atoms with Crippen LogP contribution in [-0.4, -0.2) is 41.1 Å². The number of amides is 1. The van der Waals surface area contributed by atoms with Gasteiger partial charge in [0, 0.05) is 26.0 Å². The van der Waals surface area contributed by atoms with Crippen LogP contribution in [0.15, 0.2) is 18.5 Å². The van der Waals surface area contributed by atoms with Crippen LogP contribution < -0.4 is 0 Å². The van der Waals surface area contributed by atoms with E-state index in [2.05, 4.69) is 4.98 Å². The average Bonchev–Trinajstić information content (AvgIpc) is 2.18. The number of carbonyl (C=O) groups excluding carboxylic acids is 1. The molecule has 5 heteroatoms. The van der Waals surface area contributed by atoms with Gasteiger partial charge in [0.1, 0.15) is 0 Å². The third kappa shape index (κ3) is 2.43. The molecular weight excluding hydrogens is 204 g/mol. The maximum Gasteiger partial charge on any atom is 0.256 e. The van der Waals surface area contributed by atoms with Crippen molar-refractivity contribution in [3.8, 4) is 0 Å². The molecule has 0 fully saturated rings. The maximum absolute atomic E-state index is 11.6. The standard InChI is InChI=1S/C9H11ClN2O2/c1-12(4-5-13)9(14)7-6-11-3-2-8(7)10/h2-3,6,13H,4-5H2,1H3. The lowest BCUT2D eigenvalue weighted by Gasteiger charge is -2.15. The van der Waals surface area contributed by atoms with Gasteiger partial charge in [-0.25, -0.2) is 0 Å². The highest BCUT2D eigenvalue weighted by molar-refractivity contribution is 6.33. The average molecular weight is 215 g/mol. The van der Waals surface area contributed by atoms with Crippen LogP contribution in [0.25, 0.3) is 0 Å². The monoisotopic (exact) mass is 214 g/mol. The summed E-state index contributed by atoms with van der Waals surface area (Å²) in [5, 5.41) is 9.03. The molecule has 4 nitrogen and oxygen atoms in total. The molecule has 14 heavy (non-hydrogen) atoms. The fraction of sp³-hybridized carbons (Fsp3) is 0.333. The van der Waals surface area contributed by atoms with Crippen molar-refractivity contribution in [1.29, 1.82) is 0 Å². The van der Waals surface area contributed by atoms with Crippen LogP contribution in [0.5, 0.6) is 0 Å². The lowest BCUT2D eigenvalue weighted by Crippen LogP contribution is -2.29. The molecular formula is C9H11ClN2O2. The summed E-state index contributed by atoms with van der Waals surface area (Å²) < 4.78 is 0. The quantitative estimate of drug-likeness (QED) is 0.810. The Bertz CT molecular complexity index is 330. The molecule has 0 saturated carbocycles. The predicted octanol–water partition coefficient (Wildman–Crippen LogP) is 0.799. The number of aliphatic hydroxyl groups excluding tert-OH is 1. The molecule has 1 aromatic rings. The van der Waals surface area contributed by atoms with Gasteiger partial charge in [-0.1, -0.05) is 11.6 Å². The smallest absolute Gasteiger partial charge is 0.256 e. The number of hydrogen-bond donors (Lipinski definition) is 1. The first-order valence-electron chi connectivity index (χ1n) is 4.12. The van der Waals surface area contributed by atoms with Crippen molar-refractivity contribution in [1.82, 2.24) is 9.88 Å². The van der Waals surface area contributed by atoms with Gasteiger partial charge in [-0.15, -0.1) is 0 Å². The lowest BCUT2D eigenvalue weighted by molar-refractivity contribution is 0.0766. The number of pyridine rings is 1. The second kappa shape index (κ2) is 4.93. The number of rotatable bonds is 3. The zero-order chi connectivity index (χ0) is 10.6. The summed E-state index contributed by atoms with van der Waals surface area (Å²) in [6.07, 6.45) is 2.93. The highest BCUT2D eigenvalue weighted by Gasteiger charge is 2.14. The largest absolute Gasteiger partial charge is 0.395 e. The number of halogens is 1. The number of aliphatic hydroxyl groups is 1. The lowest BCUT2D eigenvalue weighted by atomic mass is 10.2. The van der Waals surface area contributed by atoms with Gasteiger partial charge in [-0.05, 0) is 6.07 Å². The SMILES string of the molecule is CN(CCO)C(=O)c1cnccc1Cl. The van der Waals surface area contributed by atoms with Crippen LogP contribution >= 0.6 is 11.6 Å². The van der Waals surface area contributed by atoms with E-state index in [1.807, 2.05) is 0 Å². The van der Waals surface area contributed by atoms with Crippen molar-refractivity contribution >= 4 is 17.5 Å². The van der Waals surface area contributed by atoms with E-state index in [9.17, 15) is 4.79 Å². The van der Waals surface area contributed by atoms with Crippen molar-refractivity contribution < 1.29 is 9.90 Å². The second-order valence-corrected chi connectivity index (χ2v) is 3.21. The van der Waals surface area contributed by atoms with Crippen molar-refractivity contribution in [2.75, 3.05) is 20.2 Å². The molecule has 1 N–H and O–H groups in total. The van der Waals surface area contributed by atoms with Crippen LogP contribution in [0, 0.1) is 0 Å². The molecule has 0 aliphatic carbocycles. The van der Waals surface area contributed by atoms with Crippen LogP contribution in [-0.2, 0) is 0 Å². The molecule has 0 radical (unpaired) electrons. The highest BCUT2D eigenvalue weighted by Crippen LogP contribution is 2.14. The Morgan fingerprint density at radius 2 is 2.43 bits per heavy atom. The summed E-state index contributed by atoms with van der Waals surface area (Å²) in [4.78, 5) is 16.9. The second-order valence-electron chi connectivity index (χ2n) is 2.81. The summed E-state index contributed by atoms with van der Waals surface area (Å²) in [5.74, 6) is -0.239. The van der Waals surface area contributed by atoms with Crippen LogP contribution in [0.1, 0.15) is 10.4 Å². The van der Waals surface area contributed by atoms with E-state index in [0.29, 0.717) is 10.6 Å². The first kappa shape index (κ1) is 10.9. The van der Waals surface area contributed by atoms with Gasteiger partial charge in [0.15, 0.2) is 0 Å². The summed E-state index contributed by atoms with van der Waals surface area (Å²) >= 11 is 5.81. The van der Waals surface area contributed by atoms with E-state index >= 15 is 0 Å². The van der Waals surface area contributed by atoms with Crippen molar-refractivity contribution in [2.24, 2.45) is 0 Å². The van der Waals surface area contributed by atoms with Crippen LogP contribution in [0.2, 0.25) is 5.02 Å². The molecule has 0 aliphatic heterocycles. The summed E-state index contributed by atoms with van der Waals surface area (Å²) in [7, 11) is 1.60. The zero-order valence-electron chi connectivity index (χ0n) is 7.77. The normalized spacial score (nSPS) is 9.93. The van der Waals surface area contributed by atoms with E-state index in [1.54, 1.807) is 13.1 Å². The molecule has 1 aromatic heterocycles. The van der Waals surface area contributed by atoms with Crippen molar-refractivity contribution in [3.63, 3.8) is 0 Å². The van der Waals surface area contributed by atoms with Gasteiger partial charge in [-0.3, -0.25) is 9.78 Å². The minimum absolute atomic E-state index is 0.0693. The summed E-state index contributed by atoms with van der Waals surface area (Å²) in [6, 6.07) is 1.56. The Morgan fingerprint density at radius 1 is 1.71 bits per heavy atom. The number of carbonyl (C=O) groups is 1. The third-order valence-corrected chi connectivity index (χ3v) is 2.11. The summed E-state index contributed by atoms with van der Waals surface area (Å²) in [5.41, 5.74) is 0.352. The topological polar surface area (TPSA) is 53.4 Å². The molecule has 0 atom stereocenters. The maximum atomic E-state index is 11.6. The highest BCUT2D eigenvalue weighted by atomic mass is 35.5. The number of aromatic nitrogens is 1. The van der Waals surface area contributed by atoms with E-state index in [-0.39, 0.29) is 19.1 Å². The molecule has 1 heterocycles. The molecule has 0 aromatic carbocycles. The molecule has 1 amide bonds. The third-order valence-electron chi connectivity index (χ3n) is 1.78. The van der Waals surface area contributed by atoms with E-state index < -0.39 is 0 Å². The minimum Gasteiger partial charge on any atom is -0.395 e. The van der Waals surface area contributed by atoms with Gasteiger partial charge in [0.25, 0.3) is 5.91 Å². The van der Waals surface area contributed by atoms with Gasteiger partial charge in [0.2, 0.25) is 0 Å². The number of likely N-dealkylation sites (N-methyl/N-ethyl adjacent to an activating group) is 1. The van der Waals surface area contributed by atoms with Crippen molar-refractivity contribution in [3.05, 3.63) is 29.0 Å². The molecule has 0 spiro atoms. The Labute approximate surface area is 87.1 Å². The van der Waals surface area contributed by atoms with E-state index in [0.717, 1.165) is 0 Å². The summed E-state index contributed by atoms with van der Waals surface area (Å²) in [6.45, 7) is 0.212. The fourth-order valence-electron chi connectivity index (χ4n) is 0.992. The van der Waals surface area contributed by atoms with Crippen LogP contribution in [0.3, 0.4) is 0 Å². The molecule has 0 bridgehead atoms. The first-order chi connectivity index (χ1) is 6.66. The molecule has 0 unspecified atom stereocenters. The predicted molar refractivity (Wildman–Crippen MR) is 53.3 cm³/mol.